The Morgan fingerprint density at radius 3 is 2.06 bits per heavy atom. The molecule has 2 rings (SSSR count). The Labute approximate surface area is 106 Å². The first-order chi connectivity index (χ1) is 8.61. The maximum absolute atomic E-state index is 11.7. The number of hydrogen-bond acceptors (Lipinski definition) is 3. The van der Waals surface area contributed by atoms with Crippen molar-refractivity contribution in [1.82, 2.24) is 10.6 Å². The molecule has 2 fully saturated rings. The summed E-state index contributed by atoms with van der Waals surface area (Å²) in [5.41, 5.74) is 0. The summed E-state index contributed by atoms with van der Waals surface area (Å²) in [6.45, 7) is -0.258. The molecule has 1 atom stereocenters. The van der Waals surface area contributed by atoms with Crippen molar-refractivity contribution in [2.75, 3.05) is 6.61 Å². The van der Waals surface area contributed by atoms with E-state index in [1.54, 1.807) is 0 Å². The lowest BCUT2D eigenvalue weighted by Gasteiger charge is -2.20. The molecule has 2 amide bonds. The number of hydrogen-bond donors (Lipinski definition) is 4. The molecule has 0 aliphatic heterocycles. The molecule has 2 saturated carbocycles. The molecule has 102 valence electrons. The van der Waals surface area contributed by atoms with Gasteiger partial charge in [-0.2, -0.15) is 0 Å². The first-order valence-electron chi connectivity index (χ1n) is 6.52. The highest BCUT2D eigenvalue weighted by molar-refractivity contribution is 5.82. The van der Waals surface area contributed by atoms with E-state index in [2.05, 4.69) is 10.6 Å². The monoisotopic (exact) mass is 256 g/mol. The molecule has 0 unspecified atom stereocenters. The van der Waals surface area contributed by atoms with Gasteiger partial charge in [-0.15, -0.1) is 0 Å². The third-order valence-electron chi connectivity index (χ3n) is 3.58. The number of carbonyl (C=O) groups excluding carboxylic acids is 1. The molecule has 0 spiro atoms. The van der Waals surface area contributed by atoms with Gasteiger partial charge in [-0.3, -0.25) is 0 Å². The number of carboxylic acid groups (broad SMARTS) is 1. The van der Waals surface area contributed by atoms with Gasteiger partial charge in [0.1, 0.15) is 6.04 Å². The van der Waals surface area contributed by atoms with Gasteiger partial charge in [0, 0.05) is 19.1 Å². The van der Waals surface area contributed by atoms with Gasteiger partial charge in [-0.25, -0.2) is 9.59 Å². The molecular weight excluding hydrogens is 236 g/mol. The molecule has 0 aromatic carbocycles. The molecule has 0 heterocycles. The molecule has 0 aromatic rings. The Hall–Kier alpha value is -1.30. The number of carboxylic acids is 1. The van der Waals surface area contributed by atoms with Crippen LogP contribution in [-0.2, 0) is 4.79 Å². The van der Waals surface area contributed by atoms with Crippen molar-refractivity contribution >= 4 is 12.0 Å². The Morgan fingerprint density at radius 2 is 1.67 bits per heavy atom. The molecule has 4 N–H and O–H groups in total. The van der Waals surface area contributed by atoms with Gasteiger partial charge in [-0.1, -0.05) is 0 Å². The highest BCUT2D eigenvalue weighted by atomic mass is 16.4. The standard InChI is InChI=1S/C12H20N2O4/c15-6-5-9(11(16)17)13-12(18)14-10(7-1-2-7)8-3-4-8/h7-10,15H,1-6H2,(H,16,17)(H2,13,14,18)/t9-/m1/s1. The van der Waals surface area contributed by atoms with Gasteiger partial charge in [0.2, 0.25) is 0 Å². The van der Waals surface area contributed by atoms with E-state index in [0.29, 0.717) is 11.8 Å². The zero-order chi connectivity index (χ0) is 13.1. The summed E-state index contributed by atoms with van der Waals surface area (Å²) in [6.07, 6.45) is 4.64. The van der Waals surface area contributed by atoms with E-state index in [9.17, 15) is 9.59 Å². The van der Waals surface area contributed by atoms with Crippen molar-refractivity contribution in [3.63, 3.8) is 0 Å². The predicted octanol–water partition coefficient (Wildman–Crippen LogP) is 0.310. The Morgan fingerprint density at radius 1 is 1.11 bits per heavy atom. The van der Waals surface area contributed by atoms with Crippen LogP contribution in [-0.4, -0.2) is 40.9 Å². The van der Waals surface area contributed by atoms with Crippen molar-refractivity contribution in [2.24, 2.45) is 11.8 Å². The minimum Gasteiger partial charge on any atom is -0.480 e. The summed E-state index contributed by atoms with van der Waals surface area (Å²) >= 11 is 0. The maximum Gasteiger partial charge on any atom is 0.326 e. The minimum absolute atomic E-state index is 0.0281. The first kappa shape index (κ1) is 13.1. The number of amides is 2. The summed E-state index contributed by atoms with van der Waals surface area (Å²) in [5, 5.41) is 22.9. The van der Waals surface area contributed by atoms with Gasteiger partial charge in [-0.05, 0) is 37.5 Å². The van der Waals surface area contributed by atoms with Crippen LogP contribution in [0.5, 0.6) is 0 Å². The van der Waals surface area contributed by atoms with E-state index in [4.69, 9.17) is 10.2 Å². The highest BCUT2D eigenvalue weighted by Gasteiger charge is 2.42. The summed E-state index contributed by atoms with van der Waals surface area (Å²) in [6, 6.07) is -1.25. The molecule has 0 radical (unpaired) electrons. The van der Waals surface area contributed by atoms with Crippen LogP contribution >= 0.6 is 0 Å². The smallest absolute Gasteiger partial charge is 0.326 e. The molecule has 6 nitrogen and oxygen atoms in total. The molecular formula is C12H20N2O4. The molecule has 0 bridgehead atoms. The average molecular weight is 256 g/mol. The fourth-order valence-corrected chi connectivity index (χ4v) is 2.27. The summed E-state index contributed by atoms with van der Waals surface area (Å²) in [7, 11) is 0. The Bertz CT molecular complexity index is 314. The molecule has 2 aliphatic carbocycles. The van der Waals surface area contributed by atoms with Crippen LogP contribution in [0.1, 0.15) is 32.1 Å². The molecule has 6 heteroatoms. The zero-order valence-electron chi connectivity index (χ0n) is 10.3. The molecule has 18 heavy (non-hydrogen) atoms. The molecule has 0 saturated heterocycles. The van der Waals surface area contributed by atoms with Gasteiger partial charge in [0.05, 0.1) is 0 Å². The molecule has 2 aliphatic rings. The lowest BCUT2D eigenvalue weighted by atomic mass is 10.1. The molecule has 0 aromatic heterocycles. The van der Waals surface area contributed by atoms with Crippen LogP contribution in [0.2, 0.25) is 0 Å². The lowest BCUT2D eigenvalue weighted by Crippen LogP contribution is -2.50. The first-order valence-corrected chi connectivity index (χ1v) is 6.52. The fourth-order valence-electron chi connectivity index (χ4n) is 2.27. The van der Waals surface area contributed by atoms with Crippen LogP contribution < -0.4 is 10.6 Å². The van der Waals surface area contributed by atoms with Gasteiger partial charge >= 0.3 is 12.0 Å². The van der Waals surface area contributed by atoms with E-state index >= 15 is 0 Å². The number of aliphatic hydroxyl groups excluding tert-OH is 1. The second-order valence-corrected chi connectivity index (χ2v) is 5.22. The summed E-state index contributed by atoms with van der Waals surface area (Å²) < 4.78 is 0. The van der Waals surface area contributed by atoms with Gasteiger partial charge in [0.25, 0.3) is 0 Å². The number of aliphatic carboxylic acids is 1. The van der Waals surface area contributed by atoms with Crippen LogP contribution in [0.3, 0.4) is 0 Å². The SMILES string of the molecule is O=C(NC(C1CC1)C1CC1)N[C@H](CCO)C(=O)O. The van der Waals surface area contributed by atoms with E-state index in [-0.39, 0.29) is 19.1 Å². The lowest BCUT2D eigenvalue weighted by molar-refractivity contribution is -0.139. The topological polar surface area (TPSA) is 98.7 Å². The van der Waals surface area contributed by atoms with Gasteiger partial charge < -0.3 is 20.8 Å². The minimum atomic E-state index is -1.12. The average Bonchev–Trinajstić information content (AvgIpc) is 3.16. The Kier molecular flexibility index (Phi) is 4.06. The Balaban J connectivity index is 1.80. The second kappa shape index (κ2) is 5.56. The summed E-state index contributed by atoms with van der Waals surface area (Å²) in [4.78, 5) is 22.6. The maximum atomic E-state index is 11.7. The zero-order valence-corrected chi connectivity index (χ0v) is 10.3. The van der Waals surface area contributed by atoms with Crippen LogP contribution in [0.25, 0.3) is 0 Å². The van der Waals surface area contributed by atoms with Crippen molar-refractivity contribution < 1.29 is 19.8 Å². The van der Waals surface area contributed by atoms with E-state index in [0.717, 1.165) is 25.7 Å². The summed E-state index contributed by atoms with van der Waals surface area (Å²) in [5.74, 6) is 0.0299. The normalized spacial score (nSPS) is 20.6. The number of aliphatic hydroxyl groups is 1. The van der Waals surface area contributed by atoms with E-state index in [1.165, 1.54) is 0 Å². The van der Waals surface area contributed by atoms with Crippen LogP contribution in [0.4, 0.5) is 4.79 Å². The van der Waals surface area contributed by atoms with Crippen molar-refractivity contribution in [3.8, 4) is 0 Å². The number of rotatable bonds is 7. The van der Waals surface area contributed by atoms with Crippen LogP contribution in [0, 0.1) is 11.8 Å². The highest BCUT2D eigenvalue weighted by Crippen LogP contribution is 2.44. The quantitative estimate of drug-likeness (QED) is 0.527. The predicted molar refractivity (Wildman–Crippen MR) is 64.0 cm³/mol. The van der Waals surface area contributed by atoms with Crippen molar-refractivity contribution in [1.29, 1.82) is 0 Å². The third-order valence-corrected chi connectivity index (χ3v) is 3.58. The van der Waals surface area contributed by atoms with Crippen LogP contribution in [0.15, 0.2) is 0 Å². The number of nitrogens with one attached hydrogen (secondary N) is 2. The van der Waals surface area contributed by atoms with Gasteiger partial charge in [0.15, 0.2) is 0 Å². The van der Waals surface area contributed by atoms with Crippen molar-refractivity contribution in [3.05, 3.63) is 0 Å². The largest absolute Gasteiger partial charge is 0.480 e. The van der Waals surface area contributed by atoms with E-state index in [1.807, 2.05) is 0 Å². The number of carbonyl (C=O) groups is 2. The van der Waals surface area contributed by atoms with Crippen molar-refractivity contribution in [2.45, 2.75) is 44.2 Å². The third kappa shape index (κ3) is 3.60. The fraction of sp³-hybridized carbons (Fsp3) is 0.833. The number of urea groups is 1. The second-order valence-electron chi connectivity index (χ2n) is 5.22. The van der Waals surface area contributed by atoms with E-state index < -0.39 is 18.0 Å².